The number of likely N-dealkylation sites (N-methyl/N-ethyl adjacent to an activating group) is 1. The van der Waals surface area contributed by atoms with Crippen molar-refractivity contribution in [1.29, 1.82) is 0 Å². The maximum absolute atomic E-state index is 12.2. The zero-order valence-corrected chi connectivity index (χ0v) is 16.8. The minimum absolute atomic E-state index is 0.0262. The zero-order chi connectivity index (χ0) is 20.8. The number of rotatable bonds is 8. The van der Waals surface area contributed by atoms with Gasteiger partial charge in [-0.3, -0.25) is 19.8 Å². The maximum atomic E-state index is 12.2. The van der Waals surface area contributed by atoms with E-state index >= 15 is 0 Å². The van der Waals surface area contributed by atoms with Gasteiger partial charge >= 0.3 is 0 Å². The molecule has 0 atom stereocenters. The van der Waals surface area contributed by atoms with Crippen LogP contribution in [0.1, 0.15) is 11.1 Å². The van der Waals surface area contributed by atoms with E-state index in [9.17, 15) is 14.9 Å². The number of hydrogen-bond acceptors (Lipinski definition) is 6. The van der Waals surface area contributed by atoms with Crippen LogP contribution in [0, 0.1) is 10.1 Å². The van der Waals surface area contributed by atoms with Gasteiger partial charge < -0.3 is 14.8 Å². The molecule has 0 radical (unpaired) electrons. The molecule has 0 fully saturated rings. The van der Waals surface area contributed by atoms with Crippen molar-refractivity contribution in [3.05, 3.63) is 62.7 Å². The summed E-state index contributed by atoms with van der Waals surface area (Å²) in [6, 6.07) is 10.0. The van der Waals surface area contributed by atoms with Gasteiger partial charge in [0.15, 0.2) is 11.5 Å². The lowest BCUT2D eigenvalue weighted by Crippen LogP contribution is -2.35. The molecule has 1 amide bonds. The molecule has 1 N–H and O–H groups in total. The first-order chi connectivity index (χ1) is 13.9. The number of nitro groups is 1. The molecule has 2 aromatic carbocycles. The van der Waals surface area contributed by atoms with Gasteiger partial charge in [-0.2, -0.15) is 0 Å². The molecular formula is C20H22ClN3O5. The van der Waals surface area contributed by atoms with E-state index in [2.05, 4.69) is 5.32 Å². The Balaban J connectivity index is 1.46. The molecule has 2 aromatic rings. The lowest BCUT2D eigenvalue weighted by Gasteiger charge is -2.19. The number of benzene rings is 2. The summed E-state index contributed by atoms with van der Waals surface area (Å²) in [5.74, 6) is 1.34. The van der Waals surface area contributed by atoms with E-state index in [0.29, 0.717) is 43.3 Å². The first-order valence-corrected chi connectivity index (χ1v) is 9.57. The van der Waals surface area contributed by atoms with Gasteiger partial charge in [0.1, 0.15) is 13.2 Å². The Hall–Kier alpha value is -2.84. The second-order valence-corrected chi connectivity index (χ2v) is 7.19. The highest BCUT2D eigenvalue weighted by molar-refractivity contribution is 6.31. The van der Waals surface area contributed by atoms with Crippen LogP contribution >= 0.6 is 11.6 Å². The average molecular weight is 420 g/mol. The van der Waals surface area contributed by atoms with Crippen molar-refractivity contribution in [3.8, 4) is 11.5 Å². The predicted octanol–water partition coefficient (Wildman–Crippen LogP) is 2.81. The number of non-ortho nitro benzene ring substituents is 1. The van der Waals surface area contributed by atoms with Crippen LogP contribution in [0.25, 0.3) is 0 Å². The van der Waals surface area contributed by atoms with Crippen molar-refractivity contribution in [2.24, 2.45) is 0 Å². The molecule has 154 valence electrons. The number of nitrogens with one attached hydrogen (secondary N) is 1. The molecule has 0 saturated heterocycles. The van der Waals surface area contributed by atoms with Crippen molar-refractivity contribution in [3.63, 3.8) is 0 Å². The highest BCUT2D eigenvalue weighted by Gasteiger charge is 2.14. The fraction of sp³-hybridized carbons (Fsp3) is 0.350. The highest BCUT2D eigenvalue weighted by Crippen LogP contribution is 2.30. The SMILES string of the molecule is CN(CC(=O)NCCc1ccc2c(c1)OCCO2)Cc1cc([N+](=O)[O-])ccc1Cl. The molecule has 0 saturated carbocycles. The molecule has 8 nitrogen and oxygen atoms in total. The Labute approximate surface area is 173 Å². The van der Waals surface area contributed by atoms with E-state index in [1.807, 2.05) is 18.2 Å². The number of amides is 1. The summed E-state index contributed by atoms with van der Waals surface area (Å²) in [5.41, 5.74) is 1.63. The molecule has 1 aliphatic heterocycles. The van der Waals surface area contributed by atoms with Gasteiger partial charge in [-0.15, -0.1) is 0 Å². The molecule has 1 aliphatic rings. The van der Waals surface area contributed by atoms with Crippen LogP contribution in [0.2, 0.25) is 5.02 Å². The summed E-state index contributed by atoms with van der Waals surface area (Å²) in [6.07, 6.45) is 0.669. The summed E-state index contributed by atoms with van der Waals surface area (Å²) < 4.78 is 11.1. The van der Waals surface area contributed by atoms with Gasteiger partial charge in [0.05, 0.1) is 11.5 Å². The van der Waals surface area contributed by atoms with Crippen molar-refractivity contribution < 1.29 is 19.2 Å². The molecule has 29 heavy (non-hydrogen) atoms. The topological polar surface area (TPSA) is 93.9 Å². The number of carbonyl (C=O) groups excluding carboxylic acids is 1. The van der Waals surface area contributed by atoms with Crippen molar-refractivity contribution >= 4 is 23.2 Å². The van der Waals surface area contributed by atoms with Crippen molar-refractivity contribution in [1.82, 2.24) is 10.2 Å². The first kappa shape index (κ1) is 20.9. The lowest BCUT2D eigenvalue weighted by molar-refractivity contribution is -0.384. The summed E-state index contributed by atoms with van der Waals surface area (Å²) in [4.78, 5) is 24.4. The van der Waals surface area contributed by atoms with Crippen LogP contribution < -0.4 is 14.8 Å². The third-order valence-corrected chi connectivity index (χ3v) is 4.81. The van der Waals surface area contributed by atoms with E-state index in [1.54, 1.807) is 11.9 Å². The molecule has 0 unspecified atom stereocenters. The Bertz CT molecular complexity index is 906. The van der Waals surface area contributed by atoms with Gasteiger partial charge in [0.25, 0.3) is 5.69 Å². The van der Waals surface area contributed by atoms with Gasteiger partial charge in [-0.1, -0.05) is 17.7 Å². The molecule has 1 heterocycles. The van der Waals surface area contributed by atoms with Crippen LogP contribution in [0.4, 0.5) is 5.69 Å². The largest absolute Gasteiger partial charge is 0.486 e. The number of nitrogens with zero attached hydrogens (tertiary/aromatic N) is 2. The molecular weight excluding hydrogens is 398 g/mol. The quantitative estimate of drug-likeness (QED) is 0.522. The van der Waals surface area contributed by atoms with Crippen molar-refractivity contribution in [2.75, 3.05) is 33.4 Å². The van der Waals surface area contributed by atoms with Crippen molar-refractivity contribution in [2.45, 2.75) is 13.0 Å². The first-order valence-electron chi connectivity index (χ1n) is 9.19. The molecule has 0 aliphatic carbocycles. The van der Waals surface area contributed by atoms with Gasteiger partial charge in [-0.25, -0.2) is 0 Å². The van der Waals surface area contributed by atoms with Crippen LogP contribution in [0.3, 0.4) is 0 Å². The monoisotopic (exact) mass is 419 g/mol. The molecule has 9 heteroatoms. The number of carbonyl (C=O) groups is 1. The summed E-state index contributed by atoms with van der Waals surface area (Å²) in [7, 11) is 1.76. The number of nitro benzene ring substituents is 1. The molecule has 0 bridgehead atoms. The average Bonchev–Trinajstić information content (AvgIpc) is 2.69. The summed E-state index contributed by atoms with van der Waals surface area (Å²) in [6.45, 7) is 2.06. The van der Waals surface area contributed by atoms with E-state index in [-0.39, 0.29) is 18.1 Å². The molecule has 3 rings (SSSR count). The Morgan fingerprint density at radius 1 is 1.21 bits per heavy atom. The van der Waals surface area contributed by atoms with Gasteiger partial charge in [0.2, 0.25) is 5.91 Å². The van der Waals surface area contributed by atoms with E-state index in [1.165, 1.54) is 18.2 Å². The van der Waals surface area contributed by atoms with Gasteiger partial charge in [-0.05, 0) is 42.8 Å². The fourth-order valence-electron chi connectivity index (χ4n) is 3.03. The minimum Gasteiger partial charge on any atom is -0.486 e. The third-order valence-electron chi connectivity index (χ3n) is 4.44. The summed E-state index contributed by atoms with van der Waals surface area (Å²) in [5, 5.41) is 14.2. The number of halogens is 1. The Kier molecular flexibility index (Phi) is 6.90. The van der Waals surface area contributed by atoms with Crippen LogP contribution in [0.15, 0.2) is 36.4 Å². The normalized spacial score (nSPS) is 12.7. The standard InChI is InChI=1S/C20H22ClN3O5/c1-23(12-15-11-16(24(26)27)3-4-17(15)21)13-20(25)22-7-6-14-2-5-18-19(10-14)29-9-8-28-18/h2-5,10-11H,6-9,12-13H2,1H3,(H,22,25). The van der Waals surface area contributed by atoms with Crippen LogP contribution in [-0.2, 0) is 17.8 Å². The number of hydrogen-bond donors (Lipinski definition) is 1. The molecule has 0 spiro atoms. The van der Waals surface area contributed by atoms with Crippen LogP contribution in [0.5, 0.6) is 11.5 Å². The van der Waals surface area contributed by atoms with E-state index < -0.39 is 4.92 Å². The maximum Gasteiger partial charge on any atom is 0.269 e. The second kappa shape index (κ2) is 9.58. The lowest BCUT2D eigenvalue weighted by atomic mass is 10.1. The second-order valence-electron chi connectivity index (χ2n) is 6.78. The van der Waals surface area contributed by atoms with Gasteiger partial charge in [0, 0.05) is 30.2 Å². The molecule has 0 aromatic heterocycles. The fourth-order valence-corrected chi connectivity index (χ4v) is 3.21. The zero-order valence-electron chi connectivity index (χ0n) is 16.0. The number of fused-ring (bicyclic) bond motifs is 1. The highest BCUT2D eigenvalue weighted by atomic mass is 35.5. The Morgan fingerprint density at radius 2 is 1.97 bits per heavy atom. The van der Waals surface area contributed by atoms with E-state index in [4.69, 9.17) is 21.1 Å². The van der Waals surface area contributed by atoms with E-state index in [0.717, 1.165) is 17.1 Å². The predicted molar refractivity (Wildman–Crippen MR) is 109 cm³/mol. The summed E-state index contributed by atoms with van der Waals surface area (Å²) >= 11 is 6.11. The third kappa shape index (κ3) is 5.82. The van der Waals surface area contributed by atoms with Crippen LogP contribution in [-0.4, -0.2) is 49.1 Å². The minimum atomic E-state index is -0.468. The number of ether oxygens (including phenoxy) is 2. The Morgan fingerprint density at radius 3 is 2.72 bits per heavy atom. The smallest absolute Gasteiger partial charge is 0.269 e.